The van der Waals surface area contributed by atoms with E-state index < -0.39 is 0 Å². The maximum atomic E-state index is 12.5. The van der Waals surface area contributed by atoms with Crippen LogP contribution in [0, 0.1) is 0 Å². The van der Waals surface area contributed by atoms with Crippen molar-refractivity contribution in [2.45, 2.75) is 31.4 Å². The van der Waals surface area contributed by atoms with Gasteiger partial charge in [-0.15, -0.1) is 22.0 Å². The number of rotatable bonds is 8. The molecule has 6 nitrogen and oxygen atoms in total. The van der Waals surface area contributed by atoms with Gasteiger partial charge in [0.05, 0.1) is 5.75 Å². The molecular formula is C23H24N4O2S2. The third-order valence-electron chi connectivity index (χ3n) is 5.16. The summed E-state index contributed by atoms with van der Waals surface area (Å²) < 4.78 is 0. The van der Waals surface area contributed by atoms with Gasteiger partial charge in [-0.05, 0) is 29.7 Å². The van der Waals surface area contributed by atoms with Crippen LogP contribution in [0.4, 0.5) is 10.8 Å². The largest absolute Gasteiger partial charge is 0.312 e. The molecule has 0 saturated carbocycles. The summed E-state index contributed by atoms with van der Waals surface area (Å²) in [5, 5.41) is 12.4. The van der Waals surface area contributed by atoms with E-state index >= 15 is 0 Å². The topological polar surface area (TPSA) is 75.2 Å². The van der Waals surface area contributed by atoms with Crippen molar-refractivity contribution >= 4 is 45.7 Å². The smallest absolute Gasteiger partial charge is 0.236 e. The number of carbonyl (C=O) groups is 2. The van der Waals surface area contributed by atoms with Crippen molar-refractivity contribution in [1.82, 2.24) is 10.2 Å². The minimum Gasteiger partial charge on any atom is -0.312 e. The lowest BCUT2D eigenvalue weighted by Crippen LogP contribution is -2.24. The Morgan fingerprint density at radius 3 is 2.65 bits per heavy atom. The molecular weight excluding hydrogens is 428 g/mol. The predicted molar refractivity (Wildman–Crippen MR) is 127 cm³/mol. The molecule has 1 atom stereocenters. The van der Waals surface area contributed by atoms with Crippen molar-refractivity contribution in [3.63, 3.8) is 0 Å². The number of aryl methyl sites for hydroxylation is 1. The molecule has 4 rings (SSSR count). The first-order valence-corrected chi connectivity index (χ1v) is 12.2. The first kappa shape index (κ1) is 21.5. The van der Waals surface area contributed by atoms with Crippen LogP contribution in [-0.4, -0.2) is 34.3 Å². The maximum absolute atomic E-state index is 12.5. The number of aromatic nitrogens is 2. The Morgan fingerprint density at radius 1 is 1.13 bits per heavy atom. The van der Waals surface area contributed by atoms with E-state index in [1.165, 1.54) is 22.5 Å². The van der Waals surface area contributed by atoms with Gasteiger partial charge >= 0.3 is 0 Å². The molecule has 1 aliphatic heterocycles. The quantitative estimate of drug-likeness (QED) is 0.545. The van der Waals surface area contributed by atoms with Gasteiger partial charge in [-0.1, -0.05) is 60.7 Å². The van der Waals surface area contributed by atoms with Gasteiger partial charge in [0.2, 0.25) is 16.9 Å². The van der Waals surface area contributed by atoms with E-state index in [1.54, 1.807) is 11.8 Å². The second-order valence-electron chi connectivity index (χ2n) is 7.40. The number of thioether (sulfide) groups is 1. The van der Waals surface area contributed by atoms with Crippen LogP contribution in [0.15, 0.2) is 54.6 Å². The summed E-state index contributed by atoms with van der Waals surface area (Å²) in [6.45, 7) is 2.69. The zero-order valence-electron chi connectivity index (χ0n) is 17.3. The normalized spacial score (nSPS) is 16.0. The standard InChI is InChI=1S/C23H24N4O2S2/c1-2-16-8-10-19(11-9-16)27-13-18(12-21(27)29)22-25-26-23(31-22)24-20(28)15-30-14-17-6-4-3-5-7-17/h3-11,18H,2,12-15H2,1H3,(H,24,26,28)/t18-/m1/s1. The van der Waals surface area contributed by atoms with E-state index in [4.69, 9.17) is 0 Å². The summed E-state index contributed by atoms with van der Waals surface area (Å²) in [4.78, 5) is 26.6. The zero-order valence-corrected chi connectivity index (χ0v) is 18.9. The fourth-order valence-corrected chi connectivity index (χ4v) is 5.11. The van der Waals surface area contributed by atoms with Crippen LogP contribution in [0.2, 0.25) is 0 Å². The average Bonchev–Trinajstić information content (AvgIpc) is 3.41. The van der Waals surface area contributed by atoms with E-state index in [1.807, 2.05) is 47.4 Å². The van der Waals surface area contributed by atoms with Gasteiger partial charge in [-0.2, -0.15) is 0 Å². The van der Waals surface area contributed by atoms with Gasteiger partial charge in [-0.25, -0.2) is 0 Å². The lowest BCUT2D eigenvalue weighted by molar-refractivity contribution is -0.117. The van der Waals surface area contributed by atoms with E-state index in [9.17, 15) is 9.59 Å². The first-order valence-electron chi connectivity index (χ1n) is 10.3. The fraction of sp³-hybridized carbons (Fsp3) is 0.304. The van der Waals surface area contributed by atoms with Crippen LogP contribution < -0.4 is 10.2 Å². The zero-order chi connectivity index (χ0) is 21.6. The monoisotopic (exact) mass is 452 g/mol. The van der Waals surface area contributed by atoms with Gasteiger partial charge in [-0.3, -0.25) is 14.9 Å². The molecule has 2 aromatic carbocycles. The highest BCUT2D eigenvalue weighted by atomic mass is 32.2. The first-order chi connectivity index (χ1) is 15.1. The Morgan fingerprint density at radius 2 is 1.90 bits per heavy atom. The van der Waals surface area contributed by atoms with Crippen molar-refractivity contribution in [3.05, 3.63) is 70.7 Å². The van der Waals surface area contributed by atoms with Gasteiger partial charge in [0.25, 0.3) is 0 Å². The number of hydrogen-bond acceptors (Lipinski definition) is 6. The minimum atomic E-state index is -0.0937. The van der Waals surface area contributed by atoms with E-state index in [-0.39, 0.29) is 17.7 Å². The molecule has 160 valence electrons. The SMILES string of the molecule is CCc1ccc(N2C[C@H](c3nnc(NC(=O)CSCc4ccccc4)s3)CC2=O)cc1. The summed E-state index contributed by atoms with van der Waals surface area (Å²) in [6, 6.07) is 18.2. The van der Waals surface area contributed by atoms with E-state index in [2.05, 4.69) is 34.6 Å². The lowest BCUT2D eigenvalue weighted by atomic mass is 10.1. The molecule has 1 saturated heterocycles. The molecule has 1 N–H and O–H groups in total. The molecule has 2 heterocycles. The van der Waals surface area contributed by atoms with Gasteiger partial charge in [0.1, 0.15) is 5.01 Å². The number of nitrogens with one attached hydrogen (secondary N) is 1. The van der Waals surface area contributed by atoms with Crippen molar-refractivity contribution in [3.8, 4) is 0 Å². The summed E-state index contributed by atoms with van der Waals surface area (Å²) in [7, 11) is 0. The average molecular weight is 453 g/mol. The number of nitrogens with zero attached hydrogens (tertiary/aromatic N) is 3. The van der Waals surface area contributed by atoms with Crippen molar-refractivity contribution in [2.75, 3.05) is 22.5 Å². The van der Waals surface area contributed by atoms with Crippen LogP contribution in [-0.2, 0) is 21.8 Å². The Hall–Kier alpha value is -2.71. The summed E-state index contributed by atoms with van der Waals surface area (Å²) in [5.74, 6) is 1.13. The number of carbonyl (C=O) groups excluding carboxylic acids is 2. The van der Waals surface area contributed by atoms with Crippen LogP contribution >= 0.6 is 23.1 Å². The molecule has 8 heteroatoms. The molecule has 0 aliphatic carbocycles. The molecule has 2 amide bonds. The second-order valence-corrected chi connectivity index (χ2v) is 9.39. The Labute approximate surface area is 190 Å². The van der Waals surface area contributed by atoms with Crippen LogP contribution in [0.3, 0.4) is 0 Å². The molecule has 3 aromatic rings. The van der Waals surface area contributed by atoms with Crippen molar-refractivity contribution in [1.29, 1.82) is 0 Å². The third kappa shape index (κ3) is 5.51. The van der Waals surface area contributed by atoms with E-state index in [0.29, 0.717) is 23.8 Å². The second kappa shape index (κ2) is 10.1. The molecule has 1 fully saturated rings. The Kier molecular flexibility index (Phi) is 6.99. The molecule has 31 heavy (non-hydrogen) atoms. The minimum absolute atomic E-state index is 0.00559. The molecule has 1 aliphatic rings. The molecule has 0 bridgehead atoms. The summed E-state index contributed by atoms with van der Waals surface area (Å²) in [5.41, 5.74) is 3.36. The highest BCUT2D eigenvalue weighted by molar-refractivity contribution is 7.99. The van der Waals surface area contributed by atoms with Crippen molar-refractivity contribution < 1.29 is 9.59 Å². The lowest BCUT2D eigenvalue weighted by Gasteiger charge is -2.16. The van der Waals surface area contributed by atoms with Crippen LogP contribution in [0.5, 0.6) is 0 Å². The van der Waals surface area contributed by atoms with Crippen molar-refractivity contribution in [2.24, 2.45) is 0 Å². The number of hydrogen-bond donors (Lipinski definition) is 1. The van der Waals surface area contributed by atoms with E-state index in [0.717, 1.165) is 22.9 Å². The number of amides is 2. The van der Waals surface area contributed by atoms with Crippen LogP contribution in [0.25, 0.3) is 0 Å². The Balaban J connectivity index is 1.30. The molecule has 0 radical (unpaired) electrons. The predicted octanol–water partition coefficient (Wildman–Crippen LogP) is 4.49. The molecule has 1 aromatic heterocycles. The highest BCUT2D eigenvalue weighted by Gasteiger charge is 2.34. The number of benzene rings is 2. The molecule has 0 unspecified atom stereocenters. The maximum Gasteiger partial charge on any atom is 0.236 e. The third-order valence-corrected chi connectivity index (χ3v) is 7.17. The summed E-state index contributed by atoms with van der Waals surface area (Å²) in [6.07, 6.45) is 1.38. The van der Waals surface area contributed by atoms with Gasteiger partial charge in [0.15, 0.2) is 0 Å². The van der Waals surface area contributed by atoms with Gasteiger partial charge < -0.3 is 4.90 Å². The van der Waals surface area contributed by atoms with Crippen LogP contribution in [0.1, 0.15) is 35.4 Å². The number of anilines is 2. The Bertz CT molecular complexity index is 1040. The summed E-state index contributed by atoms with van der Waals surface area (Å²) >= 11 is 2.91. The van der Waals surface area contributed by atoms with Gasteiger partial charge in [0, 0.05) is 30.3 Å². The highest BCUT2D eigenvalue weighted by Crippen LogP contribution is 2.34. The fourth-order valence-electron chi connectivity index (χ4n) is 3.48. The molecule has 0 spiro atoms.